The van der Waals surface area contributed by atoms with E-state index in [1.165, 1.54) is 12.1 Å². The SMILES string of the molecule is Cc1ccc(C(OCC2CO2)C(F)(F)F)cc1. The summed E-state index contributed by atoms with van der Waals surface area (Å²) in [6.45, 7) is 2.29. The van der Waals surface area contributed by atoms with Gasteiger partial charge in [-0.2, -0.15) is 13.2 Å². The highest BCUT2D eigenvalue weighted by Crippen LogP contribution is 2.36. The van der Waals surface area contributed by atoms with Gasteiger partial charge in [0.05, 0.1) is 13.2 Å². The van der Waals surface area contributed by atoms with Gasteiger partial charge in [0.1, 0.15) is 6.10 Å². The first kappa shape index (κ1) is 12.4. The van der Waals surface area contributed by atoms with Crippen molar-refractivity contribution in [2.45, 2.75) is 25.3 Å². The van der Waals surface area contributed by atoms with Gasteiger partial charge in [-0.05, 0) is 12.5 Å². The van der Waals surface area contributed by atoms with Crippen molar-refractivity contribution < 1.29 is 22.6 Å². The number of aryl methyl sites for hydroxylation is 1. The van der Waals surface area contributed by atoms with E-state index in [4.69, 9.17) is 9.47 Å². The molecule has 0 aliphatic carbocycles. The summed E-state index contributed by atoms with van der Waals surface area (Å²) in [7, 11) is 0. The van der Waals surface area contributed by atoms with Crippen molar-refractivity contribution in [2.75, 3.05) is 13.2 Å². The Morgan fingerprint density at radius 3 is 2.41 bits per heavy atom. The first-order valence-corrected chi connectivity index (χ1v) is 5.33. The van der Waals surface area contributed by atoms with Gasteiger partial charge in [0.15, 0.2) is 6.10 Å². The van der Waals surface area contributed by atoms with Gasteiger partial charge in [-0.25, -0.2) is 0 Å². The summed E-state index contributed by atoms with van der Waals surface area (Å²) in [6, 6.07) is 6.18. The molecule has 0 saturated carbocycles. The lowest BCUT2D eigenvalue weighted by Crippen LogP contribution is -2.25. The van der Waals surface area contributed by atoms with Crippen LogP contribution in [0.5, 0.6) is 0 Å². The average Bonchev–Trinajstić information content (AvgIpc) is 3.03. The average molecular weight is 246 g/mol. The number of halogens is 3. The third-order valence-corrected chi connectivity index (χ3v) is 2.53. The molecule has 2 unspecified atom stereocenters. The Morgan fingerprint density at radius 1 is 1.35 bits per heavy atom. The molecular formula is C12H13F3O2. The summed E-state index contributed by atoms with van der Waals surface area (Å²) in [5.41, 5.74) is 1.05. The maximum absolute atomic E-state index is 12.8. The molecule has 2 nitrogen and oxygen atoms in total. The molecule has 0 bridgehead atoms. The summed E-state index contributed by atoms with van der Waals surface area (Å²) in [6.07, 6.45) is -6.44. The van der Waals surface area contributed by atoms with Crippen molar-refractivity contribution in [3.05, 3.63) is 35.4 Å². The van der Waals surface area contributed by atoms with Gasteiger partial charge in [0.2, 0.25) is 0 Å². The molecule has 1 fully saturated rings. The molecule has 0 spiro atoms. The zero-order chi connectivity index (χ0) is 12.5. The van der Waals surface area contributed by atoms with E-state index < -0.39 is 12.3 Å². The Morgan fingerprint density at radius 2 is 1.94 bits per heavy atom. The van der Waals surface area contributed by atoms with Gasteiger partial charge in [-0.1, -0.05) is 29.8 Å². The van der Waals surface area contributed by atoms with E-state index in [9.17, 15) is 13.2 Å². The maximum Gasteiger partial charge on any atom is 0.418 e. The largest absolute Gasteiger partial charge is 0.418 e. The second-order valence-corrected chi connectivity index (χ2v) is 4.12. The highest BCUT2D eigenvalue weighted by Gasteiger charge is 2.42. The number of hydrogen-bond donors (Lipinski definition) is 0. The number of benzene rings is 1. The van der Waals surface area contributed by atoms with Gasteiger partial charge in [0.25, 0.3) is 0 Å². The van der Waals surface area contributed by atoms with Crippen LogP contribution in [-0.4, -0.2) is 25.5 Å². The van der Waals surface area contributed by atoms with Crippen molar-refractivity contribution in [3.8, 4) is 0 Å². The summed E-state index contributed by atoms with van der Waals surface area (Å²) in [4.78, 5) is 0. The van der Waals surface area contributed by atoms with Crippen LogP contribution < -0.4 is 0 Å². The van der Waals surface area contributed by atoms with Crippen LogP contribution in [-0.2, 0) is 9.47 Å². The van der Waals surface area contributed by atoms with E-state index in [1.807, 2.05) is 6.92 Å². The summed E-state index contributed by atoms with van der Waals surface area (Å²) < 4.78 is 48.2. The van der Waals surface area contributed by atoms with Crippen LogP contribution in [0.3, 0.4) is 0 Å². The van der Waals surface area contributed by atoms with Crippen LogP contribution in [0.2, 0.25) is 0 Å². The maximum atomic E-state index is 12.8. The van der Waals surface area contributed by atoms with E-state index in [0.29, 0.717) is 6.61 Å². The van der Waals surface area contributed by atoms with Gasteiger partial charge in [-0.15, -0.1) is 0 Å². The fourth-order valence-electron chi connectivity index (χ4n) is 1.49. The Labute approximate surface area is 97.3 Å². The van der Waals surface area contributed by atoms with Gasteiger partial charge < -0.3 is 9.47 Å². The quantitative estimate of drug-likeness (QED) is 0.762. The molecule has 1 aromatic rings. The zero-order valence-electron chi connectivity index (χ0n) is 9.33. The third-order valence-electron chi connectivity index (χ3n) is 2.53. The molecule has 0 amide bonds. The molecule has 1 aromatic carbocycles. The third kappa shape index (κ3) is 3.44. The molecule has 5 heteroatoms. The molecule has 1 saturated heterocycles. The Balaban J connectivity index is 2.10. The van der Waals surface area contributed by atoms with Crippen molar-refractivity contribution in [1.29, 1.82) is 0 Å². The minimum atomic E-state index is -4.40. The van der Waals surface area contributed by atoms with E-state index in [0.717, 1.165) is 5.56 Å². The first-order valence-electron chi connectivity index (χ1n) is 5.33. The summed E-state index contributed by atoms with van der Waals surface area (Å²) in [5, 5.41) is 0. The molecule has 2 rings (SSSR count). The highest BCUT2D eigenvalue weighted by molar-refractivity contribution is 5.24. The molecule has 1 heterocycles. The lowest BCUT2D eigenvalue weighted by atomic mass is 10.1. The first-order chi connectivity index (χ1) is 7.97. The number of ether oxygens (including phenoxy) is 2. The number of hydrogen-bond acceptors (Lipinski definition) is 2. The standard InChI is InChI=1S/C12H13F3O2/c1-8-2-4-9(5-3-8)11(12(13,14)15)17-7-10-6-16-10/h2-5,10-11H,6-7H2,1H3. The fraction of sp³-hybridized carbons (Fsp3) is 0.500. The topological polar surface area (TPSA) is 21.8 Å². The molecule has 0 radical (unpaired) electrons. The Hall–Kier alpha value is -1.07. The summed E-state index contributed by atoms with van der Waals surface area (Å²) >= 11 is 0. The minimum absolute atomic E-state index is 0.0158. The minimum Gasteiger partial charge on any atom is -0.371 e. The molecule has 2 atom stereocenters. The lowest BCUT2D eigenvalue weighted by Gasteiger charge is -2.21. The van der Waals surface area contributed by atoms with E-state index in [-0.39, 0.29) is 18.3 Å². The molecular weight excluding hydrogens is 233 g/mol. The van der Waals surface area contributed by atoms with Crippen LogP contribution in [0.1, 0.15) is 17.2 Å². The van der Waals surface area contributed by atoms with Crippen LogP contribution in [0.4, 0.5) is 13.2 Å². The van der Waals surface area contributed by atoms with Crippen molar-refractivity contribution in [2.24, 2.45) is 0 Å². The van der Waals surface area contributed by atoms with E-state index in [1.54, 1.807) is 12.1 Å². The number of epoxide rings is 1. The van der Waals surface area contributed by atoms with Crippen LogP contribution in [0.15, 0.2) is 24.3 Å². The molecule has 1 aliphatic heterocycles. The second kappa shape index (κ2) is 4.66. The van der Waals surface area contributed by atoms with Gasteiger partial charge in [0, 0.05) is 0 Å². The normalized spacial score (nSPS) is 21.3. The fourth-order valence-corrected chi connectivity index (χ4v) is 1.49. The van der Waals surface area contributed by atoms with Crippen molar-refractivity contribution in [1.82, 2.24) is 0 Å². The Bertz CT molecular complexity index is 368. The molecule has 0 aromatic heterocycles. The van der Waals surface area contributed by atoms with Crippen LogP contribution >= 0.6 is 0 Å². The van der Waals surface area contributed by atoms with Crippen molar-refractivity contribution >= 4 is 0 Å². The van der Waals surface area contributed by atoms with E-state index in [2.05, 4.69) is 0 Å². The predicted molar refractivity (Wildman–Crippen MR) is 55.7 cm³/mol. The smallest absolute Gasteiger partial charge is 0.371 e. The molecule has 1 aliphatic rings. The molecule has 94 valence electrons. The van der Waals surface area contributed by atoms with Gasteiger partial charge >= 0.3 is 6.18 Å². The van der Waals surface area contributed by atoms with Crippen molar-refractivity contribution in [3.63, 3.8) is 0 Å². The second-order valence-electron chi connectivity index (χ2n) is 4.12. The van der Waals surface area contributed by atoms with E-state index >= 15 is 0 Å². The summed E-state index contributed by atoms with van der Waals surface area (Å²) in [5.74, 6) is 0. The van der Waals surface area contributed by atoms with Crippen LogP contribution in [0, 0.1) is 6.92 Å². The molecule has 0 N–H and O–H groups in total. The van der Waals surface area contributed by atoms with Crippen LogP contribution in [0.25, 0.3) is 0 Å². The van der Waals surface area contributed by atoms with Gasteiger partial charge in [-0.3, -0.25) is 0 Å². The lowest BCUT2D eigenvalue weighted by molar-refractivity contribution is -0.224. The Kier molecular flexibility index (Phi) is 3.40. The monoisotopic (exact) mass is 246 g/mol. The molecule has 17 heavy (non-hydrogen) atoms. The predicted octanol–water partition coefficient (Wildman–Crippen LogP) is 3.01. The number of alkyl halides is 3. The zero-order valence-corrected chi connectivity index (χ0v) is 9.33. The highest BCUT2D eigenvalue weighted by atomic mass is 19.4. The number of rotatable bonds is 4.